The number of carbonyl (C=O) groups is 1. The summed E-state index contributed by atoms with van der Waals surface area (Å²) >= 11 is 0. The van der Waals surface area contributed by atoms with Gasteiger partial charge >= 0.3 is 6.18 Å². The van der Waals surface area contributed by atoms with Crippen molar-refractivity contribution in [3.05, 3.63) is 35.5 Å². The van der Waals surface area contributed by atoms with Crippen LogP contribution in [0, 0.1) is 5.82 Å². The zero-order valence-electron chi connectivity index (χ0n) is 18.1. The van der Waals surface area contributed by atoms with Crippen LogP contribution in [0.15, 0.2) is 23.3 Å². The van der Waals surface area contributed by atoms with Gasteiger partial charge in [0.15, 0.2) is 11.5 Å². The summed E-state index contributed by atoms with van der Waals surface area (Å²) < 4.78 is 75.4. The highest BCUT2D eigenvalue weighted by molar-refractivity contribution is 6.05. The number of hydrogen-bond acceptors (Lipinski definition) is 8. The number of alkyl halides is 4. The molecule has 0 radical (unpaired) electrons. The van der Waals surface area contributed by atoms with Gasteiger partial charge in [-0.2, -0.15) is 18.2 Å². The maximum absolute atomic E-state index is 14.1. The Morgan fingerprint density at radius 2 is 1.97 bits per heavy atom. The average molecular weight is 491 g/mol. The molecule has 0 aromatic carbocycles. The Labute approximate surface area is 190 Å². The van der Waals surface area contributed by atoms with E-state index in [-0.39, 0.29) is 36.2 Å². The molecule has 2 aromatic heterocycles. The summed E-state index contributed by atoms with van der Waals surface area (Å²) in [5, 5.41) is 2.32. The third-order valence-electron chi connectivity index (χ3n) is 4.52. The van der Waals surface area contributed by atoms with Gasteiger partial charge in [0.25, 0.3) is 5.91 Å². The minimum Gasteiger partial charge on any atom is -0.476 e. The van der Waals surface area contributed by atoms with Crippen molar-refractivity contribution < 1.29 is 36.2 Å². The summed E-state index contributed by atoms with van der Waals surface area (Å²) in [6.45, 7) is -0.529. The molecule has 10 nitrogen and oxygen atoms in total. The van der Waals surface area contributed by atoms with Crippen molar-refractivity contribution in [2.75, 3.05) is 31.4 Å². The second kappa shape index (κ2) is 11.0. The molecule has 0 bridgehead atoms. The van der Waals surface area contributed by atoms with Gasteiger partial charge in [-0.05, 0) is 19.1 Å². The van der Waals surface area contributed by atoms with Crippen molar-refractivity contribution >= 4 is 23.4 Å². The van der Waals surface area contributed by atoms with E-state index in [1.807, 2.05) is 0 Å². The number of rotatable bonds is 10. The summed E-state index contributed by atoms with van der Waals surface area (Å²) in [6.07, 6.45) is -3.62. The third kappa shape index (κ3) is 6.24. The molecule has 2 aromatic rings. The summed E-state index contributed by atoms with van der Waals surface area (Å²) in [4.78, 5) is 27.5. The van der Waals surface area contributed by atoms with Crippen LogP contribution in [-0.2, 0) is 11.3 Å². The Morgan fingerprint density at radius 1 is 1.26 bits per heavy atom. The van der Waals surface area contributed by atoms with Crippen LogP contribution in [0.2, 0.25) is 0 Å². The van der Waals surface area contributed by atoms with E-state index in [1.165, 1.54) is 0 Å². The molecule has 1 amide bonds. The fraction of sp³-hybridized carbons (Fsp3) is 0.421. The van der Waals surface area contributed by atoms with Crippen molar-refractivity contribution in [2.45, 2.75) is 31.7 Å². The van der Waals surface area contributed by atoms with E-state index in [0.29, 0.717) is 6.92 Å². The standard InChI is InChI=1S/C19H22F5N7O3/c1-18(33-2,19(22,23)24)17(26)28-8-11-10(21)4-5-12(29-11)30-16(32)14-15(25)31-13(9-27-14)34-7-3-6-20/h4-5,9H,3,6-8H2,1-2H3,(H2,25,31)(H2,26,28)(H,29,30,32)/t18-/m1/s1. The first-order valence-electron chi connectivity index (χ1n) is 9.63. The summed E-state index contributed by atoms with van der Waals surface area (Å²) in [5.41, 5.74) is 7.56. The van der Waals surface area contributed by atoms with Crippen LogP contribution in [0.5, 0.6) is 5.88 Å². The molecule has 2 rings (SSSR count). The molecule has 0 saturated heterocycles. The van der Waals surface area contributed by atoms with E-state index in [1.54, 1.807) is 0 Å². The van der Waals surface area contributed by atoms with Gasteiger partial charge in [-0.1, -0.05) is 0 Å². The maximum atomic E-state index is 14.1. The van der Waals surface area contributed by atoms with Crippen LogP contribution in [0.3, 0.4) is 0 Å². The van der Waals surface area contributed by atoms with Gasteiger partial charge in [-0.3, -0.25) is 14.2 Å². The van der Waals surface area contributed by atoms with E-state index in [9.17, 15) is 26.7 Å². The minimum atomic E-state index is -4.87. The number of aliphatic imine (C=N–C) groups is 1. The fourth-order valence-electron chi connectivity index (χ4n) is 2.38. The fourth-order valence-corrected chi connectivity index (χ4v) is 2.38. The molecule has 2 heterocycles. The number of carbonyl (C=O) groups excluding carboxylic acids is 1. The number of nitrogens with zero attached hydrogens (tertiary/aromatic N) is 4. The number of hydrogen-bond donors (Lipinski definition) is 3. The third-order valence-corrected chi connectivity index (χ3v) is 4.52. The SMILES string of the molecule is CO[C@](C)(/C(N)=N\Cc1nc(NC(=O)c2ncc(OCCCF)nc2N)ccc1F)C(F)(F)F. The van der Waals surface area contributed by atoms with E-state index >= 15 is 0 Å². The predicted molar refractivity (Wildman–Crippen MR) is 111 cm³/mol. The van der Waals surface area contributed by atoms with Gasteiger partial charge in [-0.25, -0.2) is 14.4 Å². The second-order valence-corrected chi connectivity index (χ2v) is 6.85. The molecule has 0 fully saturated rings. The first-order chi connectivity index (χ1) is 15.9. The smallest absolute Gasteiger partial charge is 0.424 e. The number of nitrogens with one attached hydrogen (secondary N) is 1. The lowest BCUT2D eigenvalue weighted by Crippen LogP contribution is -2.54. The minimum absolute atomic E-state index is 0.0120. The number of amidine groups is 1. The zero-order valence-corrected chi connectivity index (χ0v) is 18.1. The molecule has 1 atom stereocenters. The van der Waals surface area contributed by atoms with E-state index in [4.69, 9.17) is 16.2 Å². The van der Waals surface area contributed by atoms with Crippen LogP contribution in [0.4, 0.5) is 33.6 Å². The van der Waals surface area contributed by atoms with Crippen molar-refractivity contribution in [2.24, 2.45) is 10.7 Å². The number of nitrogen functional groups attached to an aromatic ring is 1. The number of nitrogens with two attached hydrogens (primary N) is 2. The van der Waals surface area contributed by atoms with Crippen molar-refractivity contribution in [1.82, 2.24) is 15.0 Å². The molecule has 186 valence electrons. The molecule has 15 heteroatoms. The molecule has 5 N–H and O–H groups in total. The number of anilines is 2. The predicted octanol–water partition coefficient (Wildman–Crippen LogP) is 2.41. The Bertz CT molecular complexity index is 1050. The highest BCUT2D eigenvalue weighted by atomic mass is 19.4. The summed E-state index contributed by atoms with van der Waals surface area (Å²) in [6, 6.07) is 2.04. The maximum Gasteiger partial charge on any atom is 0.424 e. The molecular formula is C19H22F5N7O3. The van der Waals surface area contributed by atoms with E-state index < -0.39 is 48.3 Å². The van der Waals surface area contributed by atoms with E-state index in [0.717, 1.165) is 25.4 Å². The van der Waals surface area contributed by atoms with Gasteiger partial charge in [0, 0.05) is 13.5 Å². The van der Waals surface area contributed by atoms with Crippen LogP contribution in [0.25, 0.3) is 0 Å². The number of amides is 1. The lowest BCUT2D eigenvalue weighted by molar-refractivity contribution is -0.233. The average Bonchev–Trinajstić information content (AvgIpc) is 2.78. The number of aromatic nitrogens is 3. The number of ether oxygens (including phenoxy) is 2. The largest absolute Gasteiger partial charge is 0.476 e. The highest BCUT2D eigenvalue weighted by Gasteiger charge is 2.55. The molecule has 0 spiro atoms. The molecule has 34 heavy (non-hydrogen) atoms. The summed E-state index contributed by atoms with van der Waals surface area (Å²) in [5.74, 6) is -3.14. The molecule has 0 saturated carbocycles. The topological polar surface area (TPSA) is 151 Å². The van der Waals surface area contributed by atoms with Gasteiger partial charge in [-0.15, -0.1) is 0 Å². The molecular weight excluding hydrogens is 469 g/mol. The van der Waals surface area contributed by atoms with E-state index in [2.05, 4.69) is 30.0 Å². The van der Waals surface area contributed by atoms with Gasteiger partial charge in [0.1, 0.15) is 17.5 Å². The Balaban J connectivity index is 2.17. The Hall–Kier alpha value is -3.62. The zero-order chi connectivity index (χ0) is 25.5. The summed E-state index contributed by atoms with van der Waals surface area (Å²) in [7, 11) is 0.808. The first kappa shape index (κ1) is 26.6. The highest BCUT2D eigenvalue weighted by Crippen LogP contribution is 2.33. The van der Waals surface area contributed by atoms with Crippen LogP contribution < -0.4 is 21.5 Å². The Morgan fingerprint density at radius 3 is 2.56 bits per heavy atom. The molecule has 0 aliphatic carbocycles. The Kier molecular flexibility index (Phi) is 8.62. The van der Waals surface area contributed by atoms with Crippen molar-refractivity contribution in [3.63, 3.8) is 0 Å². The second-order valence-electron chi connectivity index (χ2n) is 6.85. The number of halogens is 5. The lowest BCUT2D eigenvalue weighted by atomic mass is 10.1. The number of pyridine rings is 1. The molecule has 0 aliphatic heterocycles. The first-order valence-corrected chi connectivity index (χ1v) is 9.63. The molecule has 0 unspecified atom stereocenters. The van der Waals surface area contributed by atoms with Crippen LogP contribution in [-0.4, -0.2) is 58.9 Å². The van der Waals surface area contributed by atoms with Crippen LogP contribution in [0.1, 0.15) is 29.5 Å². The normalized spacial score (nSPS) is 13.9. The number of methoxy groups -OCH3 is 1. The van der Waals surface area contributed by atoms with Gasteiger partial charge in [0.05, 0.1) is 31.7 Å². The lowest BCUT2D eigenvalue weighted by Gasteiger charge is -2.29. The van der Waals surface area contributed by atoms with Gasteiger partial charge < -0.3 is 26.3 Å². The van der Waals surface area contributed by atoms with Crippen molar-refractivity contribution in [1.29, 1.82) is 0 Å². The molecule has 0 aliphatic rings. The van der Waals surface area contributed by atoms with Gasteiger partial charge in [0.2, 0.25) is 11.5 Å². The van der Waals surface area contributed by atoms with Crippen molar-refractivity contribution in [3.8, 4) is 5.88 Å². The monoisotopic (exact) mass is 491 g/mol. The van der Waals surface area contributed by atoms with Crippen LogP contribution >= 0.6 is 0 Å². The quantitative estimate of drug-likeness (QED) is 0.198.